The molecule has 0 aliphatic heterocycles. The van der Waals surface area contributed by atoms with Crippen molar-refractivity contribution in [3.05, 3.63) is 29.5 Å². The number of aromatic hydroxyl groups is 1. The molecule has 2 rings (SSSR count). The molecule has 0 aliphatic carbocycles. The number of carbonyl (C=O) groups is 2. The van der Waals surface area contributed by atoms with E-state index in [1.165, 1.54) is 13.0 Å². The number of rotatable bonds is 4. The Kier molecular flexibility index (Phi) is 4.67. The monoisotopic (exact) mass is 353 g/mol. The first kappa shape index (κ1) is 15.6. The molecule has 6 heteroatoms. The van der Waals surface area contributed by atoms with E-state index >= 15 is 0 Å². The quantitative estimate of drug-likeness (QED) is 0.677. The number of alkyl halides is 1. The molecular weight excluding hydrogens is 338 g/mol. The third kappa shape index (κ3) is 2.95. The SMILES string of the molecule is CCOC(=O)Cc1c(CBr)n(C(C)=O)c2ccc(O)cc12. The molecule has 1 heterocycles. The molecule has 0 unspecified atom stereocenters. The lowest BCUT2D eigenvalue weighted by molar-refractivity contribution is -0.142. The number of hydrogen-bond acceptors (Lipinski definition) is 4. The van der Waals surface area contributed by atoms with Gasteiger partial charge in [-0.25, -0.2) is 0 Å². The van der Waals surface area contributed by atoms with Crippen LogP contribution in [0.25, 0.3) is 10.9 Å². The zero-order valence-electron chi connectivity index (χ0n) is 11.9. The molecule has 0 bridgehead atoms. The maximum atomic E-state index is 11.9. The fraction of sp³-hybridized carbons (Fsp3) is 0.333. The highest BCUT2D eigenvalue weighted by Gasteiger charge is 2.21. The maximum Gasteiger partial charge on any atom is 0.310 e. The molecule has 0 aliphatic rings. The molecule has 21 heavy (non-hydrogen) atoms. The summed E-state index contributed by atoms with van der Waals surface area (Å²) in [6.07, 6.45) is 0.0645. The van der Waals surface area contributed by atoms with Crippen molar-refractivity contribution in [3.8, 4) is 5.75 Å². The lowest BCUT2D eigenvalue weighted by Crippen LogP contribution is -2.12. The second-order valence-corrected chi connectivity index (χ2v) is 5.16. The van der Waals surface area contributed by atoms with E-state index in [4.69, 9.17) is 4.74 Å². The van der Waals surface area contributed by atoms with Crippen molar-refractivity contribution in [1.82, 2.24) is 4.57 Å². The Morgan fingerprint density at radius 3 is 2.67 bits per heavy atom. The molecule has 5 nitrogen and oxygen atoms in total. The van der Waals surface area contributed by atoms with Crippen LogP contribution in [0.5, 0.6) is 5.75 Å². The Morgan fingerprint density at radius 1 is 1.38 bits per heavy atom. The Hall–Kier alpha value is -1.82. The van der Waals surface area contributed by atoms with Crippen LogP contribution in [-0.4, -0.2) is 28.2 Å². The third-order valence-corrected chi connectivity index (χ3v) is 3.76. The number of nitrogens with zero attached hydrogens (tertiary/aromatic N) is 1. The lowest BCUT2D eigenvalue weighted by atomic mass is 10.1. The van der Waals surface area contributed by atoms with E-state index in [0.717, 1.165) is 0 Å². The number of phenolic OH excluding ortho intramolecular Hbond substituents is 1. The largest absolute Gasteiger partial charge is 0.508 e. The molecule has 1 aromatic carbocycles. The molecule has 0 atom stereocenters. The second kappa shape index (κ2) is 6.30. The first-order valence-electron chi connectivity index (χ1n) is 6.57. The first-order valence-corrected chi connectivity index (χ1v) is 7.69. The summed E-state index contributed by atoms with van der Waals surface area (Å²) in [7, 11) is 0. The minimum absolute atomic E-state index is 0.0645. The van der Waals surface area contributed by atoms with Gasteiger partial charge in [0.25, 0.3) is 0 Å². The van der Waals surface area contributed by atoms with Gasteiger partial charge in [0.05, 0.1) is 18.5 Å². The molecule has 0 fully saturated rings. The fourth-order valence-electron chi connectivity index (χ4n) is 2.45. The van der Waals surface area contributed by atoms with Crippen LogP contribution in [0.4, 0.5) is 0 Å². The summed E-state index contributed by atoms with van der Waals surface area (Å²) in [6.45, 7) is 3.51. The lowest BCUT2D eigenvalue weighted by Gasteiger charge is -2.06. The van der Waals surface area contributed by atoms with Gasteiger partial charge < -0.3 is 9.84 Å². The Bertz CT molecular complexity index is 705. The van der Waals surface area contributed by atoms with E-state index in [1.54, 1.807) is 23.6 Å². The number of benzene rings is 1. The van der Waals surface area contributed by atoms with Crippen molar-refractivity contribution in [3.63, 3.8) is 0 Å². The van der Waals surface area contributed by atoms with Crippen molar-refractivity contribution in [2.75, 3.05) is 6.61 Å². The average molecular weight is 354 g/mol. The summed E-state index contributed by atoms with van der Waals surface area (Å²) >= 11 is 3.37. The van der Waals surface area contributed by atoms with Crippen LogP contribution in [0, 0.1) is 0 Å². The Morgan fingerprint density at radius 2 is 2.10 bits per heavy atom. The van der Waals surface area contributed by atoms with Gasteiger partial charge >= 0.3 is 5.97 Å². The average Bonchev–Trinajstić information content (AvgIpc) is 2.72. The molecular formula is C15H16BrNO4. The normalized spacial score (nSPS) is 10.8. The number of carbonyl (C=O) groups excluding carboxylic acids is 2. The molecule has 112 valence electrons. The number of esters is 1. The predicted octanol–water partition coefficient (Wildman–Crippen LogP) is 3.01. The van der Waals surface area contributed by atoms with E-state index in [1.807, 2.05) is 0 Å². The minimum Gasteiger partial charge on any atom is -0.508 e. The van der Waals surface area contributed by atoms with Gasteiger partial charge in [0.1, 0.15) is 5.75 Å². The zero-order valence-corrected chi connectivity index (χ0v) is 13.4. The van der Waals surface area contributed by atoms with E-state index in [-0.39, 0.29) is 24.0 Å². The van der Waals surface area contributed by atoms with E-state index in [2.05, 4.69) is 15.9 Å². The highest BCUT2D eigenvalue weighted by atomic mass is 79.9. The summed E-state index contributed by atoms with van der Waals surface area (Å²) in [5.74, 6) is -0.407. The van der Waals surface area contributed by atoms with Crippen molar-refractivity contribution >= 4 is 38.7 Å². The highest BCUT2D eigenvalue weighted by molar-refractivity contribution is 9.08. The van der Waals surface area contributed by atoms with Gasteiger partial charge in [-0.3, -0.25) is 14.2 Å². The number of halogens is 1. The summed E-state index contributed by atoms with van der Waals surface area (Å²) in [6, 6.07) is 4.76. The van der Waals surface area contributed by atoms with Crippen LogP contribution in [-0.2, 0) is 21.3 Å². The number of hydrogen-bond donors (Lipinski definition) is 1. The van der Waals surface area contributed by atoms with Crippen molar-refractivity contribution in [1.29, 1.82) is 0 Å². The van der Waals surface area contributed by atoms with Crippen molar-refractivity contribution in [2.24, 2.45) is 0 Å². The topological polar surface area (TPSA) is 68.5 Å². The van der Waals surface area contributed by atoms with Gasteiger partial charge in [-0.05, 0) is 30.7 Å². The molecule has 0 spiro atoms. The standard InChI is InChI=1S/C15H16BrNO4/c1-3-21-15(20)7-12-11-6-10(19)4-5-13(11)17(9(2)18)14(12)8-16/h4-6,19H,3,7-8H2,1-2H3. The molecule has 1 N–H and O–H groups in total. The Balaban J connectivity index is 2.68. The van der Waals surface area contributed by atoms with Gasteiger partial charge in [0.15, 0.2) is 0 Å². The van der Waals surface area contributed by atoms with Crippen LogP contribution < -0.4 is 0 Å². The van der Waals surface area contributed by atoms with E-state index < -0.39 is 0 Å². The highest BCUT2D eigenvalue weighted by Crippen LogP contribution is 2.31. The van der Waals surface area contributed by atoms with Crippen LogP contribution >= 0.6 is 15.9 Å². The van der Waals surface area contributed by atoms with Crippen LogP contribution in [0.2, 0.25) is 0 Å². The Labute approximate surface area is 130 Å². The van der Waals surface area contributed by atoms with Gasteiger partial charge in [-0.15, -0.1) is 0 Å². The van der Waals surface area contributed by atoms with Gasteiger partial charge in [0, 0.05) is 23.3 Å². The summed E-state index contributed by atoms with van der Waals surface area (Å²) < 4.78 is 6.54. The van der Waals surface area contributed by atoms with Gasteiger partial charge in [-0.2, -0.15) is 0 Å². The van der Waals surface area contributed by atoms with Gasteiger partial charge in [0.2, 0.25) is 5.91 Å². The zero-order chi connectivity index (χ0) is 15.6. The number of phenols is 1. The first-order chi connectivity index (χ1) is 9.99. The van der Waals surface area contributed by atoms with Crippen LogP contribution in [0.15, 0.2) is 18.2 Å². The smallest absolute Gasteiger partial charge is 0.310 e. The van der Waals surface area contributed by atoms with Crippen molar-refractivity contribution in [2.45, 2.75) is 25.6 Å². The molecule has 0 saturated carbocycles. The fourth-order valence-corrected chi connectivity index (χ4v) is 3.04. The number of fused-ring (bicyclic) bond motifs is 1. The molecule has 1 aromatic heterocycles. The van der Waals surface area contributed by atoms with E-state index in [0.29, 0.717) is 34.1 Å². The molecule has 2 aromatic rings. The maximum absolute atomic E-state index is 11.9. The predicted molar refractivity (Wildman–Crippen MR) is 82.9 cm³/mol. The minimum atomic E-state index is -0.356. The number of aromatic nitrogens is 1. The molecule has 0 radical (unpaired) electrons. The van der Waals surface area contributed by atoms with Crippen LogP contribution in [0.3, 0.4) is 0 Å². The summed E-state index contributed by atoms with van der Waals surface area (Å²) in [5, 5.41) is 10.8. The summed E-state index contributed by atoms with van der Waals surface area (Å²) in [4.78, 5) is 23.7. The second-order valence-electron chi connectivity index (χ2n) is 4.60. The van der Waals surface area contributed by atoms with Crippen LogP contribution in [0.1, 0.15) is 29.9 Å². The summed E-state index contributed by atoms with van der Waals surface area (Å²) in [5.41, 5.74) is 2.08. The molecule has 0 amide bonds. The van der Waals surface area contributed by atoms with Crippen molar-refractivity contribution < 1.29 is 19.4 Å². The molecule has 0 saturated heterocycles. The number of ether oxygens (including phenoxy) is 1. The van der Waals surface area contributed by atoms with Gasteiger partial charge in [-0.1, -0.05) is 15.9 Å². The third-order valence-electron chi connectivity index (χ3n) is 3.23. The van der Waals surface area contributed by atoms with E-state index in [9.17, 15) is 14.7 Å².